The average Bonchev–Trinajstić information content (AvgIpc) is 2.76. The Kier molecular flexibility index (Phi) is 9.54. The van der Waals surface area contributed by atoms with E-state index in [1.54, 1.807) is 44.0 Å². The Bertz CT molecular complexity index is 819. The van der Waals surface area contributed by atoms with E-state index in [0.29, 0.717) is 24.2 Å². The van der Waals surface area contributed by atoms with Crippen LogP contribution < -0.4 is 10.1 Å². The van der Waals surface area contributed by atoms with Crippen molar-refractivity contribution in [3.05, 3.63) is 23.8 Å². The minimum absolute atomic E-state index is 0.0808. The quantitative estimate of drug-likeness (QED) is 0.705. The number of halogens is 3. The number of benzene rings is 1. The first kappa shape index (κ1) is 26.9. The molecule has 1 aromatic rings. The second kappa shape index (κ2) is 11.7. The molecular weight excluding hydrogens is 439 g/mol. The molecule has 3 atom stereocenters. The monoisotopic (exact) mass is 473 g/mol. The highest BCUT2D eigenvalue weighted by molar-refractivity contribution is 5.98. The number of hydrogen-bond acceptors (Lipinski definition) is 5. The maximum absolute atomic E-state index is 13.1. The minimum atomic E-state index is -4.26. The third kappa shape index (κ3) is 7.89. The summed E-state index contributed by atoms with van der Waals surface area (Å²) in [5.41, 5.74) is 0.789. The number of alkyl halides is 3. The van der Waals surface area contributed by atoms with Crippen LogP contribution in [0.4, 0.5) is 18.9 Å². The number of amides is 2. The SMILES string of the molecule is CCC(=O)Nc1ccc2c(c1)OC[C@H](C)N(CCC(F)(F)F)C[C@H](C)[C@@H](OC)CN(C)C2=O. The smallest absolute Gasteiger partial charge is 0.390 e. The number of carbonyl (C=O) groups excluding carboxylic acids is 2. The molecule has 0 saturated carbocycles. The predicted octanol–water partition coefficient (Wildman–Crippen LogP) is 3.79. The Morgan fingerprint density at radius 3 is 2.58 bits per heavy atom. The second-order valence-corrected chi connectivity index (χ2v) is 8.57. The zero-order valence-corrected chi connectivity index (χ0v) is 19.9. The van der Waals surface area contributed by atoms with Crippen LogP contribution in [0.2, 0.25) is 0 Å². The van der Waals surface area contributed by atoms with Crippen molar-refractivity contribution in [3.8, 4) is 5.75 Å². The van der Waals surface area contributed by atoms with Crippen molar-refractivity contribution >= 4 is 17.5 Å². The molecule has 186 valence electrons. The van der Waals surface area contributed by atoms with Gasteiger partial charge in [-0.1, -0.05) is 13.8 Å². The highest BCUT2D eigenvalue weighted by Gasteiger charge is 2.32. The van der Waals surface area contributed by atoms with Crippen LogP contribution in [0, 0.1) is 5.92 Å². The molecule has 0 bridgehead atoms. The lowest BCUT2D eigenvalue weighted by Gasteiger charge is -2.36. The maximum Gasteiger partial charge on any atom is 0.390 e. The summed E-state index contributed by atoms with van der Waals surface area (Å²) in [6.45, 7) is 5.98. The van der Waals surface area contributed by atoms with Crippen molar-refractivity contribution in [1.29, 1.82) is 0 Å². The van der Waals surface area contributed by atoms with Crippen molar-refractivity contribution in [2.75, 3.05) is 45.7 Å². The van der Waals surface area contributed by atoms with E-state index in [1.807, 2.05) is 6.92 Å². The Morgan fingerprint density at radius 2 is 1.97 bits per heavy atom. The number of nitrogens with zero attached hydrogens (tertiary/aromatic N) is 2. The summed E-state index contributed by atoms with van der Waals surface area (Å²) in [4.78, 5) is 28.2. The van der Waals surface area contributed by atoms with Gasteiger partial charge in [0.15, 0.2) is 0 Å². The number of carbonyl (C=O) groups is 2. The molecule has 1 aromatic carbocycles. The first-order chi connectivity index (χ1) is 15.4. The molecule has 33 heavy (non-hydrogen) atoms. The fourth-order valence-corrected chi connectivity index (χ4v) is 3.76. The van der Waals surface area contributed by atoms with Crippen LogP contribution >= 0.6 is 0 Å². The molecule has 2 amide bonds. The standard InChI is InChI=1S/C23H34F3N3O4/c1-6-21(30)27-17-7-8-18-19(11-17)33-14-16(3)29(10-9-23(24,25)26)12-15(2)20(32-5)13-28(4)22(18)31/h7-8,11,15-16,20H,6,9-10,12-14H2,1-5H3,(H,27,30)/t15-,16-,20-/m0/s1. The van der Waals surface area contributed by atoms with Gasteiger partial charge < -0.3 is 19.7 Å². The normalized spacial score (nSPS) is 23.2. The predicted molar refractivity (Wildman–Crippen MR) is 119 cm³/mol. The molecule has 1 N–H and O–H groups in total. The van der Waals surface area contributed by atoms with Crippen molar-refractivity contribution in [2.24, 2.45) is 5.92 Å². The molecule has 0 unspecified atom stereocenters. The summed E-state index contributed by atoms with van der Waals surface area (Å²) in [5, 5.41) is 2.73. The molecule has 1 heterocycles. The summed E-state index contributed by atoms with van der Waals surface area (Å²) >= 11 is 0. The first-order valence-corrected chi connectivity index (χ1v) is 11.1. The maximum atomic E-state index is 13.1. The van der Waals surface area contributed by atoms with Crippen molar-refractivity contribution in [1.82, 2.24) is 9.80 Å². The van der Waals surface area contributed by atoms with E-state index in [4.69, 9.17) is 9.47 Å². The third-order valence-corrected chi connectivity index (χ3v) is 5.86. The van der Waals surface area contributed by atoms with Crippen LogP contribution in [0.5, 0.6) is 5.75 Å². The Hall–Kier alpha value is -2.33. The summed E-state index contributed by atoms with van der Waals surface area (Å²) in [6, 6.07) is 4.44. The van der Waals surface area contributed by atoms with Gasteiger partial charge in [0.25, 0.3) is 5.91 Å². The van der Waals surface area contributed by atoms with E-state index >= 15 is 0 Å². The fraction of sp³-hybridized carbons (Fsp3) is 0.652. The molecule has 1 aliphatic rings. The summed E-state index contributed by atoms with van der Waals surface area (Å²) in [5.74, 6) is -0.303. The largest absolute Gasteiger partial charge is 0.491 e. The highest BCUT2D eigenvalue weighted by Crippen LogP contribution is 2.27. The molecule has 1 aliphatic heterocycles. The summed E-state index contributed by atoms with van der Waals surface area (Å²) in [7, 11) is 3.18. The molecule has 0 spiro atoms. The molecule has 0 aliphatic carbocycles. The average molecular weight is 474 g/mol. The second-order valence-electron chi connectivity index (χ2n) is 8.57. The van der Waals surface area contributed by atoms with Gasteiger partial charge >= 0.3 is 6.18 Å². The first-order valence-electron chi connectivity index (χ1n) is 11.1. The van der Waals surface area contributed by atoms with Crippen LogP contribution in [-0.4, -0.2) is 80.3 Å². The summed E-state index contributed by atoms with van der Waals surface area (Å²) < 4.78 is 50.3. The van der Waals surface area contributed by atoms with Crippen LogP contribution in [0.25, 0.3) is 0 Å². The van der Waals surface area contributed by atoms with Crippen LogP contribution in [0.3, 0.4) is 0 Å². The van der Waals surface area contributed by atoms with Crippen LogP contribution in [0.15, 0.2) is 18.2 Å². The van der Waals surface area contributed by atoms with Crippen molar-refractivity contribution in [2.45, 2.75) is 51.9 Å². The van der Waals surface area contributed by atoms with Crippen LogP contribution in [0.1, 0.15) is 44.0 Å². The Morgan fingerprint density at radius 1 is 1.27 bits per heavy atom. The number of rotatable bonds is 5. The lowest BCUT2D eigenvalue weighted by atomic mass is 10.0. The Balaban J connectivity index is 2.39. The molecule has 0 radical (unpaired) electrons. The number of anilines is 1. The number of likely N-dealkylation sites (N-methyl/N-ethyl adjacent to an activating group) is 1. The van der Waals surface area contributed by atoms with Gasteiger partial charge in [0, 0.05) is 58.0 Å². The van der Waals surface area contributed by atoms with Gasteiger partial charge in [-0.05, 0) is 25.0 Å². The van der Waals surface area contributed by atoms with Gasteiger partial charge in [0.1, 0.15) is 12.4 Å². The Labute approximate surface area is 193 Å². The lowest BCUT2D eigenvalue weighted by Crippen LogP contribution is -2.47. The van der Waals surface area contributed by atoms with Crippen LogP contribution in [-0.2, 0) is 9.53 Å². The number of ether oxygens (including phenoxy) is 2. The summed E-state index contributed by atoms with van der Waals surface area (Å²) in [6.07, 6.45) is -5.25. The fourth-order valence-electron chi connectivity index (χ4n) is 3.76. The van der Waals surface area contributed by atoms with E-state index in [9.17, 15) is 22.8 Å². The molecular formula is C23H34F3N3O4. The van der Waals surface area contributed by atoms with E-state index < -0.39 is 12.6 Å². The van der Waals surface area contributed by atoms with E-state index in [0.717, 1.165) is 0 Å². The topological polar surface area (TPSA) is 71.1 Å². The molecule has 2 rings (SSSR count). The van der Waals surface area contributed by atoms with Gasteiger partial charge in [-0.25, -0.2) is 0 Å². The highest BCUT2D eigenvalue weighted by atomic mass is 19.4. The van der Waals surface area contributed by atoms with Crippen molar-refractivity contribution in [3.63, 3.8) is 0 Å². The molecule has 7 nitrogen and oxygen atoms in total. The van der Waals surface area contributed by atoms with Gasteiger partial charge in [0.2, 0.25) is 5.91 Å². The molecule has 0 aromatic heterocycles. The minimum Gasteiger partial charge on any atom is -0.491 e. The zero-order valence-electron chi connectivity index (χ0n) is 19.9. The molecule has 0 saturated heterocycles. The van der Waals surface area contributed by atoms with E-state index in [-0.39, 0.29) is 55.3 Å². The van der Waals surface area contributed by atoms with Gasteiger partial charge in [-0.3, -0.25) is 14.5 Å². The van der Waals surface area contributed by atoms with Gasteiger partial charge in [-0.2, -0.15) is 13.2 Å². The zero-order chi connectivity index (χ0) is 24.8. The number of hydrogen-bond donors (Lipinski definition) is 1. The molecule has 10 heteroatoms. The molecule has 0 fully saturated rings. The third-order valence-electron chi connectivity index (χ3n) is 5.86. The van der Waals surface area contributed by atoms with E-state index in [1.165, 1.54) is 12.0 Å². The number of fused-ring (bicyclic) bond motifs is 1. The van der Waals surface area contributed by atoms with E-state index in [2.05, 4.69) is 5.32 Å². The van der Waals surface area contributed by atoms with Gasteiger partial charge in [-0.15, -0.1) is 0 Å². The number of methoxy groups -OCH3 is 1. The van der Waals surface area contributed by atoms with Crippen molar-refractivity contribution < 1.29 is 32.2 Å². The number of nitrogens with one attached hydrogen (secondary N) is 1. The lowest BCUT2D eigenvalue weighted by molar-refractivity contribution is -0.140. The van der Waals surface area contributed by atoms with Gasteiger partial charge in [0.05, 0.1) is 18.1 Å².